The van der Waals surface area contributed by atoms with Gasteiger partial charge in [0, 0.05) is 25.3 Å². The van der Waals surface area contributed by atoms with E-state index in [9.17, 15) is 8.42 Å². The van der Waals surface area contributed by atoms with Gasteiger partial charge in [-0.25, -0.2) is 18.1 Å². The van der Waals surface area contributed by atoms with Crippen molar-refractivity contribution in [3.8, 4) is 0 Å². The lowest BCUT2D eigenvalue weighted by molar-refractivity contribution is -0.0238. The fourth-order valence-corrected chi connectivity index (χ4v) is 3.85. The number of aromatic nitrogens is 1. The van der Waals surface area contributed by atoms with Gasteiger partial charge in [0.2, 0.25) is 10.0 Å². The van der Waals surface area contributed by atoms with Crippen LogP contribution in [0, 0.1) is 12.8 Å². The third kappa shape index (κ3) is 4.41. The number of hydrogen-bond donors (Lipinski definition) is 2. The monoisotopic (exact) mass is 375 g/mol. The van der Waals surface area contributed by atoms with Gasteiger partial charge in [-0.1, -0.05) is 29.8 Å². The Bertz CT molecular complexity index is 820. The number of nitrogens with zero attached hydrogens (tertiary/aromatic N) is 1. The summed E-state index contributed by atoms with van der Waals surface area (Å²) < 4.78 is 31.8. The number of sulfonamides is 1. The molecule has 2 heterocycles. The molecule has 1 aromatic carbocycles. The zero-order valence-corrected chi connectivity index (χ0v) is 15.9. The topological polar surface area (TPSA) is 80.3 Å². The molecule has 1 aliphatic rings. The first-order valence-corrected chi connectivity index (χ1v) is 10.3. The summed E-state index contributed by atoms with van der Waals surface area (Å²) in [6.45, 7) is 3.58. The summed E-state index contributed by atoms with van der Waals surface area (Å²) in [7, 11) is -2.07. The molecule has 140 valence electrons. The van der Waals surface area contributed by atoms with E-state index in [1.54, 1.807) is 12.1 Å². The molecule has 1 aromatic heterocycles. The summed E-state index contributed by atoms with van der Waals surface area (Å²) in [5.41, 5.74) is 2.44. The van der Waals surface area contributed by atoms with E-state index in [4.69, 9.17) is 4.74 Å². The zero-order valence-electron chi connectivity index (χ0n) is 15.1. The minimum atomic E-state index is -3.46. The molecule has 0 spiro atoms. The van der Waals surface area contributed by atoms with Crippen LogP contribution in [0.4, 0.5) is 5.82 Å². The van der Waals surface area contributed by atoms with Crippen molar-refractivity contribution < 1.29 is 13.2 Å². The van der Waals surface area contributed by atoms with Crippen LogP contribution in [0.15, 0.2) is 47.5 Å². The number of hydrogen-bond acceptors (Lipinski definition) is 5. The van der Waals surface area contributed by atoms with Gasteiger partial charge in [-0.05, 0) is 44.5 Å². The van der Waals surface area contributed by atoms with Crippen molar-refractivity contribution >= 4 is 15.8 Å². The molecule has 1 saturated heterocycles. The maximum absolute atomic E-state index is 11.8. The molecule has 2 N–H and O–H groups in total. The second kappa shape index (κ2) is 8.16. The summed E-state index contributed by atoms with van der Waals surface area (Å²) in [6.07, 6.45) is 3.56. The second-order valence-electron chi connectivity index (χ2n) is 6.57. The van der Waals surface area contributed by atoms with Gasteiger partial charge < -0.3 is 10.1 Å². The van der Waals surface area contributed by atoms with Crippen molar-refractivity contribution in [1.29, 1.82) is 0 Å². The second-order valence-corrected chi connectivity index (χ2v) is 8.46. The summed E-state index contributed by atoms with van der Waals surface area (Å²) in [6, 6.07) is 11.7. The van der Waals surface area contributed by atoms with E-state index >= 15 is 0 Å². The zero-order chi connectivity index (χ0) is 18.6. The van der Waals surface area contributed by atoms with Crippen LogP contribution < -0.4 is 10.0 Å². The van der Waals surface area contributed by atoms with Crippen LogP contribution in [0.2, 0.25) is 0 Å². The highest BCUT2D eigenvalue weighted by Gasteiger charge is 2.27. The van der Waals surface area contributed by atoms with Crippen molar-refractivity contribution in [1.82, 2.24) is 9.71 Å². The van der Waals surface area contributed by atoms with Crippen LogP contribution in [-0.4, -0.2) is 33.6 Å². The summed E-state index contributed by atoms with van der Waals surface area (Å²) in [5.74, 6) is 1.00. The lowest BCUT2D eigenvalue weighted by atomic mass is 9.89. The Balaban J connectivity index is 1.66. The van der Waals surface area contributed by atoms with E-state index in [0.29, 0.717) is 11.7 Å². The first kappa shape index (κ1) is 18.8. The highest BCUT2D eigenvalue weighted by Crippen LogP contribution is 2.33. The summed E-state index contributed by atoms with van der Waals surface area (Å²) in [5, 5.41) is 3.32. The molecule has 26 heavy (non-hydrogen) atoms. The Labute approximate surface area is 155 Å². The molecule has 0 aliphatic carbocycles. The fourth-order valence-electron chi connectivity index (χ4n) is 3.17. The van der Waals surface area contributed by atoms with Gasteiger partial charge in [0.15, 0.2) is 0 Å². The number of nitrogens with one attached hydrogen (secondary N) is 2. The molecule has 2 unspecified atom stereocenters. The molecule has 3 rings (SSSR count). The average molecular weight is 375 g/mol. The molecule has 1 aliphatic heterocycles. The Hall–Kier alpha value is -1.96. The fraction of sp³-hybridized carbons (Fsp3) is 0.421. The summed E-state index contributed by atoms with van der Waals surface area (Å²) >= 11 is 0. The van der Waals surface area contributed by atoms with Crippen molar-refractivity contribution in [3.63, 3.8) is 0 Å². The van der Waals surface area contributed by atoms with Gasteiger partial charge in [0.25, 0.3) is 0 Å². The molecular formula is C19H25N3O3S. The van der Waals surface area contributed by atoms with E-state index in [1.807, 2.05) is 0 Å². The largest absolute Gasteiger partial charge is 0.373 e. The summed E-state index contributed by atoms with van der Waals surface area (Å²) in [4.78, 5) is 4.37. The lowest BCUT2D eigenvalue weighted by Gasteiger charge is -2.32. The third-order valence-corrected chi connectivity index (χ3v) is 6.11. The molecule has 1 fully saturated rings. The van der Waals surface area contributed by atoms with Crippen LogP contribution in [0.1, 0.15) is 30.1 Å². The van der Waals surface area contributed by atoms with Crippen LogP contribution in [0.25, 0.3) is 0 Å². The van der Waals surface area contributed by atoms with Crippen LogP contribution in [-0.2, 0) is 14.8 Å². The number of benzene rings is 1. The van der Waals surface area contributed by atoms with Crippen molar-refractivity contribution in [2.24, 2.45) is 5.92 Å². The Morgan fingerprint density at radius 1 is 1.19 bits per heavy atom. The maximum Gasteiger partial charge on any atom is 0.241 e. The van der Waals surface area contributed by atoms with Gasteiger partial charge in [-0.2, -0.15) is 0 Å². The maximum atomic E-state index is 11.8. The molecule has 0 radical (unpaired) electrons. The molecule has 0 saturated carbocycles. The quantitative estimate of drug-likeness (QED) is 0.811. The first-order valence-electron chi connectivity index (χ1n) is 8.81. The number of ether oxygens (including phenoxy) is 1. The molecule has 7 heteroatoms. The van der Waals surface area contributed by atoms with E-state index in [0.717, 1.165) is 26.0 Å². The van der Waals surface area contributed by atoms with Crippen molar-refractivity contribution in [2.45, 2.75) is 30.8 Å². The van der Waals surface area contributed by atoms with Gasteiger partial charge >= 0.3 is 0 Å². The molecule has 0 amide bonds. The minimum Gasteiger partial charge on any atom is -0.373 e. The van der Waals surface area contributed by atoms with Gasteiger partial charge in [0.05, 0.1) is 6.10 Å². The van der Waals surface area contributed by atoms with E-state index < -0.39 is 10.0 Å². The SMILES string of the molecule is CNS(=O)(=O)c1ccc(NCC2CCCOC2c2ccc(C)cc2)nc1. The van der Waals surface area contributed by atoms with E-state index in [1.165, 1.54) is 24.4 Å². The molecule has 2 aromatic rings. The highest BCUT2D eigenvalue weighted by molar-refractivity contribution is 7.89. The third-order valence-electron chi connectivity index (χ3n) is 4.71. The Morgan fingerprint density at radius 2 is 1.96 bits per heavy atom. The number of pyridine rings is 1. The van der Waals surface area contributed by atoms with Crippen LogP contribution in [0.5, 0.6) is 0 Å². The minimum absolute atomic E-state index is 0.0702. The van der Waals surface area contributed by atoms with Crippen LogP contribution in [0.3, 0.4) is 0 Å². The number of anilines is 1. The lowest BCUT2D eigenvalue weighted by Crippen LogP contribution is -2.28. The van der Waals surface area contributed by atoms with Crippen molar-refractivity contribution in [2.75, 3.05) is 25.5 Å². The van der Waals surface area contributed by atoms with E-state index in [-0.39, 0.29) is 11.0 Å². The predicted octanol–water partition coefficient (Wildman–Crippen LogP) is 2.88. The molecular weight excluding hydrogens is 350 g/mol. The number of rotatable bonds is 6. The standard InChI is InChI=1S/C19H25N3O3S/c1-14-5-7-15(8-6-14)19-16(4-3-11-25-19)12-21-18-10-9-17(13-22-18)26(23,24)20-2/h5-10,13,16,19-20H,3-4,11-12H2,1-2H3,(H,21,22). The Kier molecular flexibility index (Phi) is 5.90. The van der Waals surface area contributed by atoms with Gasteiger partial charge in [0.1, 0.15) is 10.7 Å². The van der Waals surface area contributed by atoms with E-state index in [2.05, 4.69) is 46.2 Å². The normalized spacial score (nSPS) is 20.7. The molecule has 0 bridgehead atoms. The Morgan fingerprint density at radius 3 is 2.62 bits per heavy atom. The predicted molar refractivity (Wildman–Crippen MR) is 102 cm³/mol. The smallest absolute Gasteiger partial charge is 0.241 e. The van der Waals surface area contributed by atoms with Gasteiger partial charge in [-0.3, -0.25) is 0 Å². The van der Waals surface area contributed by atoms with Crippen LogP contribution >= 0.6 is 0 Å². The molecule has 6 nitrogen and oxygen atoms in total. The van der Waals surface area contributed by atoms with Gasteiger partial charge in [-0.15, -0.1) is 0 Å². The van der Waals surface area contributed by atoms with Crippen molar-refractivity contribution in [3.05, 3.63) is 53.7 Å². The number of aryl methyl sites for hydroxylation is 1. The highest BCUT2D eigenvalue weighted by atomic mass is 32.2. The molecule has 2 atom stereocenters. The first-order chi connectivity index (χ1) is 12.5. The average Bonchev–Trinajstić information content (AvgIpc) is 2.67.